The van der Waals surface area contributed by atoms with Crippen molar-refractivity contribution in [1.82, 2.24) is 15.2 Å². The zero-order valence-electron chi connectivity index (χ0n) is 24.3. The molecular weight excluding hydrogens is 632 g/mol. The number of aliphatic carboxylic acids is 2. The average molecular weight is 663 g/mol. The van der Waals surface area contributed by atoms with Gasteiger partial charge in [-0.25, -0.2) is 14.6 Å². The molecule has 1 aromatic carbocycles. The van der Waals surface area contributed by atoms with Gasteiger partial charge in [-0.3, -0.25) is 19.3 Å². The van der Waals surface area contributed by atoms with E-state index in [1.54, 1.807) is 13.8 Å². The van der Waals surface area contributed by atoms with Gasteiger partial charge in [-0.05, 0) is 37.5 Å². The Kier molecular flexibility index (Phi) is 9.13. The Hall–Kier alpha value is -4.68. The van der Waals surface area contributed by atoms with Crippen LogP contribution in [0.3, 0.4) is 0 Å². The largest absolute Gasteiger partial charge is 0.504 e. The molecule has 0 radical (unpaired) electrons. The highest BCUT2D eigenvalue weighted by atomic mass is 32.2. The number of Topliss-reactive ketones (excluding diaryl/α,β-unsaturated/α-hetero) is 1. The molecule has 2 aromatic rings. The highest BCUT2D eigenvalue weighted by Gasteiger charge is 2.55. The molecule has 0 saturated carbocycles. The molecule has 2 aliphatic heterocycles. The van der Waals surface area contributed by atoms with Crippen molar-refractivity contribution in [2.24, 2.45) is 10.9 Å². The smallest absolute Gasteiger partial charge is 0.352 e. The van der Waals surface area contributed by atoms with Crippen molar-refractivity contribution < 1.29 is 49.2 Å². The average Bonchev–Trinajstić information content (AvgIpc) is 3.40. The van der Waals surface area contributed by atoms with Gasteiger partial charge in [-0.2, -0.15) is 0 Å². The number of β-lactam (4-membered cyclic amide) rings is 1. The fraction of sp³-hybridized carbons (Fsp3) is 0.370. The zero-order chi connectivity index (χ0) is 33.5. The molecule has 0 aliphatic carbocycles. The molecule has 18 heteroatoms. The van der Waals surface area contributed by atoms with Crippen molar-refractivity contribution in [2.75, 3.05) is 11.5 Å². The van der Waals surface area contributed by atoms with E-state index in [1.165, 1.54) is 25.3 Å². The quantitative estimate of drug-likeness (QED) is 0.0577. The van der Waals surface area contributed by atoms with Crippen LogP contribution in [0.2, 0.25) is 0 Å². The number of carboxylic acid groups (broad SMARTS) is 2. The molecule has 16 nitrogen and oxygen atoms in total. The van der Waals surface area contributed by atoms with Crippen LogP contribution in [0, 0.1) is 0 Å². The topological polar surface area (TPSA) is 268 Å². The Morgan fingerprint density at radius 2 is 1.87 bits per heavy atom. The molecule has 4 rings (SSSR count). The maximum Gasteiger partial charge on any atom is 0.352 e. The molecule has 45 heavy (non-hydrogen) atoms. The van der Waals surface area contributed by atoms with E-state index in [0.29, 0.717) is 0 Å². The van der Waals surface area contributed by atoms with E-state index in [4.69, 9.17) is 16.3 Å². The summed E-state index contributed by atoms with van der Waals surface area (Å²) in [5.41, 5.74) is 9.21. The summed E-state index contributed by atoms with van der Waals surface area (Å²) in [6, 6.07) is -0.363. The number of thioether (sulfide) groups is 1. The number of benzene rings is 1. The number of ketones is 1. The number of carboxylic acids is 2. The Labute approximate surface area is 263 Å². The maximum atomic E-state index is 13.3. The summed E-state index contributed by atoms with van der Waals surface area (Å²) in [4.78, 5) is 73.7. The Balaban J connectivity index is 1.60. The highest BCUT2D eigenvalue weighted by molar-refractivity contribution is 8.00. The lowest BCUT2D eigenvalue weighted by Gasteiger charge is -2.49. The molecule has 3 atom stereocenters. The first-order valence-electron chi connectivity index (χ1n) is 13.2. The van der Waals surface area contributed by atoms with Gasteiger partial charge in [-0.1, -0.05) is 19.0 Å². The van der Waals surface area contributed by atoms with Crippen LogP contribution in [0.5, 0.6) is 11.5 Å². The lowest BCUT2D eigenvalue weighted by atomic mass is 9.91. The molecule has 0 bridgehead atoms. The van der Waals surface area contributed by atoms with Crippen molar-refractivity contribution in [3.63, 3.8) is 0 Å². The Bertz CT molecular complexity index is 1670. The summed E-state index contributed by atoms with van der Waals surface area (Å²) in [6.45, 7) is 5.88. The number of hydrogen-bond acceptors (Lipinski definition) is 14. The van der Waals surface area contributed by atoms with Crippen molar-refractivity contribution in [3.8, 4) is 11.5 Å². The molecule has 2 unspecified atom stereocenters. The molecule has 0 spiro atoms. The molecule has 1 fully saturated rings. The number of aromatic hydroxyl groups is 2. The van der Waals surface area contributed by atoms with Crippen molar-refractivity contribution in [3.05, 3.63) is 45.6 Å². The fourth-order valence-electron chi connectivity index (χ4n) is 4.45. The molecule has 1 saturated heterocycles. The maximum absolute atomic E-state index is 13.3. The van der Waals surface area contributed by atoms with E-state index in [1.807, 2.05) is 0 Å². The predicted molar refractivity (Wildman–Crippen MR) is 162 cm³/mol. The van der Waals surface area contributed by atoms with Crippen molar-refractivity contribution >= 4 is 63.5 Å². The number of hydrogen-bond donors (Lipinski definition) is 7. The summed E-state index contributed by atoms with van der Waals surface area (Å²) < 4.78 is 0. The molecule has 3 heterocycles. The number of rotatable bonds is 11. The number of oxime groups is 1. The minimum atomic E-state index is -1.82. The Morgan fingerprint density at radius 1 is 1.20 bits per heavy atom. The van der Waals surface area contributed by atoms with Gasteiger partial charge in [0.15, 0.2) is 28.1 Å². The fourth-order valence-corrected chi connectivity index (χ4v) is 6.40. The van der Waals surface area contributed by atoms with Gasteiger partial charge in [-0.15, -0.1) is 23.1 Å². The normalized spacial score (nSPS) is 19.1. The third-order valence-electron chi connectivity index (χ3n) is 7.03. The van der Waals surface area contributed by atoms with E-state index >= 15 is 0 Å². The monoisotopic (exact) mass is 662 g/mol. The second-order valence-corrected chi connectivity index (χ2v) is 12.9. The van der Waals surface area contributed by atoms with Gasteiger partial charge in [0.25, 0.3) is 11.8 Å². The first kappa shape index (κ1) is 33.2. The van der Waals surface area contributed by atoms with E-state index < -0.39 is 69.8 Å². The van der Waals surface area contributed by atoms with Gasteiger partial charge in [0.2, 0.25) is 5.60 Å². The van der Waals surface area contributed by atoms with Gasteiger partial charge in [0, 0.05) is 22.3 Å². The predicted octanol–water partition coefficient (Wildman–Crippen LogP) is 0.793. The second kappa shape index (κ2) is 12.4. The number of carbonyl (C=O) groups excluding carboxylic acids is 3. The third kappa shape index (κ3) is 6.29. The number of phenols is 2. The molecule has 2 aliphatic rings. The highest BCUT2D eigenvalue weighted by Crippen LogP contribution is 2.42. The van der Waals surface area contributed by atoms with Gasteiger partial charge >= 0.3 is 11.9 Å². The van der Waals surface area contributed by atoms with E-state index in [9.17, 15) is 44.4 Å². The van der Waals surface area contributed by atoms with E-state index in [-0.39, 0.29) is 44.9 Å². The summed E-state index contributed by atoms with van der Waals surface area (Å²) in [6.07, 6.45) is 0. The number of carbonyl (C=O) groups is 5. The number of thiazole rings is 1. The SMILES string of the molecule is CC(C)c1cc(C(=O)C(N)C2=C(C(=O)O)N3C(=O)C(NC(=O)/C(=N\OC(C)(C)C(=O)O)c4csc(N)n4)[C@H]3SC2)cc(O)c1O. The van der Waals surface area contributed by atoms with Crippen molar-refractivity contribution in [2.45, 2.75) is 56.7 Å². The molecule has 1 aromatic heterocycles. The molecule has 2 amide bonds. The number of fused-ring (bicyclic) bond motifs is 1. The summed E-state index contributed by atoms with van der Waals surface area (Å²) >= 11 is 2.02. The van der Waals surface area contributed by atoms with Crippen LogP contribution < -0.4 is 16.8 Å². The van der Waals surface area contributed by atoms with Crippen LogP contribution in [-0.2, 0) is 24.0 Å². The Morgan fingerprint density at radius 3 is 2.42 bits per heavy atom. The van der Waals surface area contributed by atoms with Crippen LogP contribution in [0.25, 0.3) is 0 Å². The number of anilines is 1. The molecule has 9 N–H and O–H groups in total. The van der Waals surface area contributed by atoms with E-state index in [0.717, 1.165) is 34.1 Å². The summed E-state index contributed by atoms with van der Waals surface area (Å²) in [5.74, 6) is -6.72. The van der Waals surface area contributed by atoms with Crippen LogP contribution in [-0.4, -0.2) is 94.4 Å². The number of nitrogens with zero attached hydrogens (tertiary/aromatic N) is 3. The minimum absolute atomic E-state index is 0.0464. The second-order valence-electron chi connectivity index (χ2n) is 10.9. The lowest BCUT2D eigenvalue weighted by Crippen LogP contribution is -2.71. The van der Waals surface area contributed by atoms with Crippen LogP contribution in [0.4, 0.5) is 5.13 Å². The van der Waals surface area contributed by atoms with Gasteiger partial charge in [0.05, 0.1) is 6.04 Å². The third-order valence-corrected chi connectivity index (χ3v) is 9.01. The molecule has 240 valence electrons. The standard InChI is InChI=1S/C27H30N6O10S2/c1-9(2)11-5-10(6-14(34)20(11)36)19(35)15(28)12-7-44-23-17(22(38)33(23)18(12)24(39)40)31-21(37)16(13-8-45-26(29)30-13)32-43-27(3,4)25(41)42/h5-6,8-9,15,17,23,34,36H,7,28H2,1-4H3,(H2,29,30)(H,31,37)(H,39,40)(H,41,42)/b32-16-/t15?,17?,23-/m1/s1. The molecular formula is C27H30N6O10S2. The summed E-state index contributed by atoms with van der Waals surface area (Å²) in [5, 5.41) is 46.4. The number of phenolic OH excluding ortho intramolecular Hbond substituents is 2. The van der Waals surface area contributed by atoms with E-state index in [2.05, 4.69) is 15.5 Å². The number of nitrogens with two attached hydrogens (primary N) is 2. The first-order valence-corrected chi connectivity index (χ1v) is 15.2. The lowest BCUT2D eigenvalue weighted by molar-refractivity contribution is -0.161. The van der Waals surface area contributed by atoms with Crippen LogP contribution in [0.1, 0.15) is 55.2 Å². The number of aromatic nitrogens is 1. The number of nitrogen functional groups attached to an aromatic ring is 1. The van der Waals surface area contributed by atoms with Crippen molar-refractivity contribution in [1.29, 1.82) is 0 Å². The summed E-state index contributed by atoms with van der Waals surface area (Å²) in [7, 11) is 0. The van der Waals surface area contributed by atoms with Crippen LogP contribution in [0.15, 0.2) is 33.9 Å². The van der Waals surface area contributed by atoms with Crippen LogP contribution >= 0.6 is 23.1 Å². The minimum Gasteiger partial charge on any atom is -0.504 e. The number of nitrogens with one attached hydrogen (secondary N) is 1. The van der Waals surface area contributed by atoms with Gasteiger partial charge < -0.3 is 42.0 Å². The zero-order valence-corrected chi connectivity index (χ0v) is 25.9. The number of amides is 2. The van der Waals surface area contributed by atoms with Gasteiger partial charge in [0.1, 0.15) is 22.8 Å². The first-order chi connectivity index (χ1) is 21.0.